The topological polar surface area (TPSA) is 83.8 Å². The molecule has 0 saturated heterocycles. The summed E-state index contributed by atoms with van der Waals surface area (Å²) in [6.07, 6.45) is 8.24. The van der Waals surface area contributed by atoms with Crippen LogP contribution in [0.5, 0.6) is 0 Å². The van der Waals surface area contributed by atoms with Crippen LogP contribution in [0.2, 0.25) is 0 Å². The maximum atomic E-state index is 11.3. The number of aromatic amines is 1. The standard InChI is InChI=1S/C11H18N4OS/c1-17-8-4-2-3-7(5-8)15-10-9(12)11(16)14-6-13-10/h6-8H,2-5,12H2,1H3,(H2,13,14,15,16). The quantitative estimate of drug-likeness (QED) is 0.760. The number of anilines is 2. The average Bonchev–Trinajstić information content (AvgIpc) is 2.35. The number of nitrogens with one attached hydrogen (secondary N) is 2. The fraction of sp³-hybridized carbons (Fsp3) is 0.636. The highest BCUT2D eigenvalue weighted by Crippen LogP contribution is 2.28. The number of nitrogen functional groups attached to an aromatic ring is 1. The van der Waals surface area contributed by atoms with Crippen molar-refractivity contribution in [2.24, 2.45) is 0 Å². The van der Waals surface area contributed by atoms with Crippen molar-refractivity contribution in [1.82, 2.24) is 9.97 Å². The van der Waals surface area contributed by atoms with Crippen molar-refractivity contribution in [3.8, 4) is 0 Å². The van der Waals surface area contributed by atoms with Gasteiger partial charge in [-0.15, -0.1) is 0 Å². The lowest BCUT2D eigenvalue weighted by molar-refractivity contribution is 0.473. The van der Waals surface area contributed by atoms with Gasteiger partial charge in [0.15, 0.2) is 5.82 Å². The maximum absolute atomic E-state index is 11.3. The van der Waals surface area contributed by atoms with Gasteiger partial charge in [0, 0.05) is 11.3 Å². The molecule has 0 bridgehead atoms. The molecule has 4 N–H and O–H groups in total. The molecule has 2 atom stereocenters. The molecule has 94 valence electrons. The van der Waals surface area contributed by atoms with E-state index in [2.05, 4.69) is 21.5 Å². The molecule has 1 aromatic heterocycles. The minimum atomic E-state index is -0.278. The van der Waals surface area contributed by atoms with Gasteiger partial charge in [-0.2, -0.15) is 11.8 Å². The first-order valence-electron chi connectivity index (χ1n) is 5.83. The number of nitrogens with two attached hydrogens (primary N) is 1. The third-order valence-electron chi connectivity index (χ3n) is 3.19. The van der Waals surface area contributed by atoms with E-state index in [1.165, 1.54) is 19.2 Å². The van der Waals surface area contributed by atoms with Crippen LogP contribution >= 0.6 is 11.8 Å². The second kappa shape index (κ2) is 5.44. The van der Waals surface area contributed by atoms with Crippen molar-refractivity contribution >= 4 is 23.3 Å². The molecule has 1 aliphatic rings. The number of rotatable bonds is 3. The molecule has 2 rings (SSSR count). The fourth-order valence-electron chi connectivity index (χ4n) is 2.21. The second-order valence-electron chi connectivity index (χ2n) is 4.36. The molecule has 6 heteroatoms. The van der Waals surface area contributed by atoms with Crippen molar-refractivity contribution < 1.29 is 0 Å². The summed E-state index contributed by atoms with van der Waals surface area (Å²) in [6.45, 7) is 0. The van der Waals surface area contributed by atoms with Gasteiger partial charge in [-0.05, 0) is 25.5 Å². The van der Waals surface area contributed by atoms with E-state index in [0.717, 1.165) is 12.8 Å². The van der Waals surface area contributed by atoms with Crippen LogP contribution in [0.25, 0.3) is 0 Å². The molecule has 1 saturated carbocycles. The SMILES string of the molecule is CSC1CCCC(Nc2nc[nH]c(=O)c2N)C1. The number of aromatic nitrogens is 2. The zero-order chi connectivity index (χ0) is 12.3. The molecule has 17 heavy (non-hydrogen) atoms. The average molecular weight is 254 g/mol. The van der Waals surface area contributed by atoms with E-state index >= 15 is 0 Å². The monoisotopic (exact) mass is 254 g/mol. The van der Waals surface area contributed by atoms with Crippen LogP contribution in [0.15, 0.2) is 11.1 Å². The van der Waals surface area contributed by atoms with Gasteiger partial charge >= 0.3 is 0 Å². The minimum absolute atomic E-state index is 0.179. The number of hydrogen-bond donors (Lipinski definition) is 3. The first-order chi connectivity index (χ1) is 8.20. The van der Waals surface area contributed by atoms with Gasteiger partial charge in [-0.25, -0.2) is 4.98 Å². The molecule has 0 aliphatic heterocycles. The Morgan fingerprint density at radius 1 is 1.59 bits per heavy atom. The third kappa shape index (κ3) is 2.94. The lowest BCUT2D eigenvalue weighted by Crippen LogP contribution is -2.30. The van der Waals surface area contributed by atoms with Crippen LogP contribution in [-0.4, -0.2) is 27.5 Å². The summed E-state index contributed by atoms with van der Waals surface area (Å²) in [5, 5.41) is 3.98. The van der Waals surface area contributed by atoms with E-state index in [1.807, 2.05) is 11.8 Å². The Hall–Kier alpha value is -1.17. The molecule has 2 unspecified atom stereocenters. The lowest BCUT2D eigenvalue weighted by atomic mass is 9.95. The van der Waals surface area contributed by atoms with E-state index in [-0.39, 0.29) is 11.2 Å². The Balaban J connectivity index is 2.05. The van der Waals surface area contributed by atoms with Crippen molar-refractivity contribution in [3.05, 3.63) is 16.7 Å². The summed E-state index contributed by atoms with van der Waals surface area (Å²) >= 11 is 1.91. The third-order valence-corrected chi connectivity index (χ3v) is 4.28. The summed E-state index contributed by atoms with van der Waals surface area (Å²) in [5.41, 5.74) is 5.59. The first-order valence-corrected chi connectivity index (χ1v) is 7.12. The van der Waals surface area contributed by atoms with E-state index in [9.17, 15) is 4.79 Å². The molecule has 5 nitrogen and oxygen atoms in total. The molecule has 0 aromatic carbocycles. The molecule has 0 spiro atoms. The summed E-state index contributed by atoms with van der Waals surface area (Å²) in [5.74, 6) is 0.514. The molecular formula is C11H18N4OS. The van der Waals surface area contributed by atoms with Crippen LogP contribution in [0.1, 0.15) is 25.7 Å². The van der Waals surface area contributed by atoms with Gasteiger partial charge in [0.1, 0.15) is 5.69 Å². The second-order valence-corrected chi connectivity index (χ2v) is 5.50. The molecule has 1 heterocycles. The Kier molecular flexibility index (Phi) is 3.93. The highest BCUT2D eigenvalue weighted by atomic mass is 32.2. The van der Waals surface area contributed by atoms with Crippen LogP contribution in [0.4, 0.5) is 11.5 Å². The van der Waals surface area contributed by atoms with Crippen LogP contribution in [0.3, 0.4) is 0 Å². The van der Waals surface area contributed by atoms with Gasteiger partial charge < -0.3 is 16.0 Å². The summed E-state index contributed by atoms with van der Waals surface area (Å²) < 4.78 is 0. The van der Waals surface area contributed by atoms with Crippen molar-refractivity contribution in [3.63, 3.8) is 0 Å². The summed E-state index contributed by atoms with van der Waals surface area (Å²) in [4.78, 5) is 17.9. The molecule has 1 aromatic rings. The smallest absolute Gasteiger partial charge is 0.276 e. The van der Waals surface area contributed by atoms with Crippen LogP contribution < -0.4 is 16.6 Å². The van der Waals surface area contributed by atoms with Crippen molar-refractivity contribution in [1.29, 1.82) is 0 Å². The molecule has 0 amide bonds. The predicted molar refractivity (Wildman–Crippen MR) is 72.5 cm³/mol. The van der Waals surface area contributed by atoms with E-state index < -0.39 is 0 Å². The van der Waals surface area contributed by atoms with E-state index in [1.54, 1.807) is 0 Å². The number of thioether (sulfide) groups is 1. The van der Waals surface area contributed by atoms with Gasteiger partial charge in [0.25, 0.3) is 5.56 Å². The highest BCUT2D eigenvalue weighted by Gasteiger charge is 2.22. The van der Waals surface area contributed by atoms with E-state index in [4.69, 9.17) is 5.73 Å². The van der Waals surface area contributed by atoms with Crippen molar-refractivity contribution in [2.45, 2.75) is 37.0 Å². The molecule has 1 aliphatic carbocycles. The largest absolute Gasteiger partial charge is 0.391 e. The van der Waals surface area contributed by atoms with Gasteiger partial charge in [0.05, 0.1) is 6.33 Å². The van der Waals surface area contributed by atoms with Gasteiger partial charge in [-0.1, -0.05) is 6.42 Å². The zero-order valence-electron chi connectivity index (χ0n) is 9.90. The predicted octanol–water partition coefficient (Wildman–Crippen LogP) is 1.44. The normalized spacial score (nSPS) is 24.5. The lowest BCUT2D eigenvalue weighted by Gasteiger charge is -2.29. The maximum Gasteiger partial charge on any atom is 0.276 e. The number of H-pyrrole nitrogens is 1. The Bertz CT molecular complexity index is 434. The molecule has 1 fully saturated rings. The minimum Gasteiger partial charge on any atom is -0.391 e. The number of hydrogen-bond acceptors (Lipinski definition) is 5. The Morgan fingerprint density at radius 3 is 3.18 bits per heavy atom. The summed E-state index contributed by atoms with van der Waals surface area (Å²) in [7, 11) is 0. The van der Waals surface area contributed by atoms with Crippen LogP contribution in [0, 0.1) is 0 Å². The van der Waals surface area contributed by atoms with Crippen LogP contribution in [-0.2, 0) is 0 Å². The van der Waals surface area contributed by atoms with E-state index in [0.29, 0.717) is 17.1 Å². The van der Waals surface area contributed by atoms with Crippen molar-refractivity contribution in [2.75, 3.05) is 17.3 Å². The fourth-order valence-corrected chi connectivity index (χ4v) is 3.04. The molecule has 0 radical (unpaired) electrons. The Morgan fingerprint density at radius 2 is 2.41 bits per heavy atom. The zero-order valence-corrected chi connectivity index (χ0v) is 10.7. The number of nitrogens with zero attached hydrogens (tertiary/aromatic N) is 1. The van der Waals surface area contributed by atoms with Gasteiger partial charge in [-0.3, -0.25) is 4.79 Å². The van der Waals surface area contributed by atoms with Gasteiger partial charge in [0.2, 0.25) is 0 Å². The highest BCUT2D eigenvalue weighted by molar-refractivity contribution is 7.99. The summed E-state index contributed by atoms with van der Waals surface area (Å²) in [6, 6.07) is 0.373. The Labute approximate surface area is 105 Å². The first kappa shape index (κ1) is 12.3. The molecular weight excluding hydrogens is 236 g/mol.